The zero-order valence-corrected chi connectivity index (χ0v) is 14.6. The number of likely N-dealkylation sites (tertiary alicyclic amines) is 1. The molecule has 134 valence electrons. The number of carbonyl (C=O) groups excluding carboxylic acids is 2. The van der Waals surface area contributed by atoms with Crippen LogP contribution in [0.1, 0.15) is 31.7 Å². The standard InChI is InChI=1S/C18H24N4O3/c1-12-5-3-7-15(9-12)19-18(24)22-8-4-6-14(11-22)17(23)20-16-10-13(2)25-21-16/h3,5,7,9,13-14H,4,6,8,10-11H2,1-2H3,(H,19,24)(H,20,21,23)/t13-,14-/m1/s1. The van der Waals surface area contributed by atoms with E-state index in [4.69, 9.17) is 4.84 Å². The number of urea groups is 1. The molecular weight excluding hydrogens is 320 g/mol. The summed E-state index contributed by atoms with van der Waals surface area (Å²) in [5, 5.41) is 9.59. The van der Waals surface area contributed by atoms with Crippen molar-refractivity contribution in [2.75, 3.05) is 18.4 Å². The van der Waals surface area contributed by atoms with Gasteiger partial charge in [0.1, 0.15) is 6.10 Å². The highest BCUT2D eigenvalue weighted by atomic mass is 16.6. The molecule has 3 rings (SSSR count). The molecule has 2 atom stereocenters. The summed E-state index contributed by atoms with van der Waals surface area (Å²) in [5.41, 5.74) is 1.85. The summed E-state index contributed by atoms with van der Waals surface area (Å²) >= 11 is 0. The Hall–Kier alpha value is -2.57. The van der Waals surface area contributed by atoms with Crippen LogP contribution in [0.25, 0.3) is 0 Å². The minimum Gasteiger partial charge on any atom is -0.391 e. The van der Waals surface area contributed by atoms with Crippen LogP contribution in [0, 0.1) is 12.8 Å². The van der Waals surface area contributed by atoms with Crippen molar-refractivity contribution in [3.05, 3.63) is 29.8 Å². The minimum absolute atomic E-state index is 0.00161. The third-order valence-electron chi connectivity index (χ3n) is 4.44. The molecule has 0 radical (unpaired) electrons. The molecular formula is C18H24N4O3. The van der Waals surface area contributed by atoms with E-state index in [1.54, 1.807) is 4.90 Å². The second-order valence-corrected chi connectivity index (χ2v) is 6.73. The smallest absolute Gasteiger partial charge is 0.321 e. The van der Waals surface area contributed by atoms with Gasteiger partial charge in [-0.25, -0.2) is 4.79 Å². The molecule has 3 amide bonds. The molecule has 2 heterocycles. The summed E-state index contributed by atoms with van der Waals surface area (Å²) in [6, 6.07) is 7.50. The van der Waals surface area contributed by atoms with Gasteiger partial charge in [0.15, 0.2) is 5.84 Å². The molecule has 0 saturated carbocycles. The number of nitrogens with one attached hydrogen (secondary N) is 2. The Bertz CT molecular complexity index is 689. The maximum absolute atomic E-state index is 12.5. The van der Waals surface area contributed by atoms with Crippen molar-refractivity contribution in [3.63, 3.8) is 0 Å². The highest BCUT2D eigenvalue weighted by molar-refractivity contribution is 6.00. The first kappa shape index (κ1) is 17.3. The lowest BCUT2D eigenvalue weighted by Crippen LogP contribution is -2.47. The van der Waals surface area contributed by atoms with E-state index in [1.807, 2.05) is 38.1 Å². The third-order valence-corrected chi connectivity index (χ3v) is 4.44. The summed E-state index contributed by atoms with van der Waals surface area (Å²) in [7, 11) is 0. The van der Waals surface area contributed by atoms with E-state index < -0.39 is 0 Å². The number of oxime groups is 1. The van der Waals surface area contributed by atoms with E-state index in [2.05, 4.69) is 15.8 Å². The maximum Gasteiger partial charge on any atom is 0.321 e. The zero-order valence-electron chi connectivity index (χ0n) is 14.6. The number of amidine groups is 1. The summed E-state index contributed by atoms with van der Waals surface area (Å²) in [4.78, 5) is 31.7. The SMILES string of the molecule is Cc1cccc(NC(=O)N2CCC[C@@H](C(=O)NC3=NO[C@H](C)C3)C2)c1. The lowest BCUT2D eigenvalue weighted by Gasteiger charge is -2.32. The summed E-state index contributed by atoms with van der Waals surface area (Å²) in [5.74, 6) is 0.249. The van der Waals surface area contributed by atoms with E-state index in [-0.39, 0.29) is 24.0 Å². The number of carbonyl (C=O) groups is 2. The average molecular weight is 344 g/mol. The van der Waals surface area contributed by atoms with Crippen molar-refractivity contribution in [2.45, 2.75) is 39.2 Å². The normalized spacial score (nSPS) is 22.8. The highest BCUT2D eigenvalue weighted by Gasteiger charge is 2.30. The number of amides is 3. The van der Waals surface area contributed by atoms with Gasteiger partial charge in [0.25, 0.3) is 0 Å². The monoisotopic (exact) mass is 344 g/mol. The van der Waals surface area contributed by atoms with Crippen LogP contribution in [0.4, 0.5) is 10.5 Å². The van der Waals surface area contributed by atoms with Crippen molar-refractivity contribution in [3.8, 4) is 0 Å². The molecule has 0 spiro atoms. The van der Waals surface area contributed by atoms with Gasteiger partial charge in [-0.1, -0.05) is 17.3 Å². The number of hydrogen-bond acceptors (Lipinski definition) is 4. The fourth-order valence-corrected chi connectivity index (χ4v) is 3.12. The molecule has 1 fully saturated rings. The van der Waals surface area contributed by atoms with Crippen LogP contribution in [0.5, 0.6) is 0 Å². The van der Waals surface area contributed by atoms with Gasteiger partial charge in [0, 0.05) is 25.2 Å². The second-order valence-electron chi connectivity index (χ2n) is 6.73. The van der Waals surface area contributed by atoms with E-state index >= 15 is 0 Å². The van der Waals surface area contributed by atoms with Gasteiger partial charge >= 0.3 is 6.03 Å². The van der Waals surface area contributed by atoms with Gasteiger partial charge in [-0.3, -0.25) is 4.79 Å². The lowest BCUT2D eigenvalue weighted by atomic mass is 9.97. The van der Waals surface area contributed by atoms with Gasteiger partial charge in [0.2, 0.25) is 5.91 Å². The molecule has 1 aromatic carbocycles. The molecule has 1 aromatic rings. The number of anilines is 1. The van der Waals surface area contributed by atoms with E-state index in [0.717, 1.165) is 24.1 Å². The van der Waals surface area contributed by atoms with E-state index in [9.17, 15) is 9.59 Å². The van der Waals surface area contributed by atoms with Crippen molar-refractivity contribution in [1.29, 1.82) is 0 Å². The quantitative estimate of drug-likeness (QED) is 0.864. The summed E-state index contributed by atoms with van der Waals surface area (Å²) < 4.78 is 0. The van der Waals surface area contributed by atoms with Gasteiger partial charge in [-0.2, -0.15) is 0 Å². The Morgan fingerprint density at radius 3 is 2.88 bits per heavy atom. The number of benzene rings is 1. The Morgan fingerprint density at radius 1 is 1.32 bits per heavy atom. The van der Waals surface area contributed by atoms with Crippen LogP contribution >= 0.6 is 0 Å². The largest absolute Gasteiger partial charge is 0.391 e. The lowest BCUT2D eigenvalue weighted by molar-refractivity contribution is -0.124. The number of nitrogens with zero attached hydrogens (tertiary/aromatic N) is 2. The molecule has 7 heteroatoms. The number of hydrogen-bond donors (Lipinski definition) is 2. The van der Waals surface area contributed by atoms with Gasteiger partial charge in [0.05, 0.1) is 5.92 Å². The zero-order chi connectivity index (χ0) is 17.8. The van der Waals surface area contributed by atoms with Crippen molar-refractivity contribution < 1.29 is 14.4 Å². The summed E-state index contributed by atoms with van der Waals surface area (Å²) in [6.07, 6.45) is 2.18. The summed E-state index contributed by atoms with van der Waals surface area (Å²) in [6.45, 7) is 4.95. The van der Waals surface area contributed by atoms with Crippen LogP contribution < -0.4 is 10.6 Å². The maximum atomic E-state index is 12.5. The fourth-order valence-electron chi connectivity index (χ4n) is 3.12. The first-order valence-corrected chi connectivity index (χ1v) is 8.67. The predicted molar refractivity (Wildman–Crippen MR) is 95.2 cm³/mol. The van der Waals surface area contributed by atoms with E-state index in [1.165, 1.54) is 0 Å². The van der Waals surface area contributed by atoms with Gasteiger partial charge < -0.3 is 20.4 Å². The van der Waals surface area contributed by atoms with Crippen LogP contribution in [-0.2, 0) is 9.63 Å². The number of aryl methyl sites for hydroxylation is 1. The van der Waals surface area contributed by atoms with Crippen molar-refractivity contribution in [2.24, 2.45) is 11.1 Å². The molecule has 1 saturated heterocycles. The molecule has 2 aliphatic heterocycles. The fraction of sp³-hybridized carbons (Fsp3) is 0.500. The van der Waals surface area contributed by atoms with Crippen LogP contribution in [0.3, 0.4) is 0 Å². The molecule has 2 aliphatic rings. The third kappa shape index (κ3) is 4.49. The van der Waals surface area contributed by atoms with Gasteiger partial charge in [-0.15, -0.1) is 0 Å². The molecule has 2 N–H and O–H groups in total. The minimum atomic E-state index is -0.226. The molecule has 0 aromatic heterocycles. The Balaban J connectivity index is 1.55. The number of rotatable bonds is 2. The van der Waals surface area contributed by atoms with Crippen LogP contribution in [-0.4, -0.2) is 41.9 Å². The molecule has 25 heavy (non-hydrogen) atoms. The Kier molecular flexibility index (Phi) is 5.21. The first-order chi connectivity index (χ1) is 12.0. The first-order valence-electron chi connectivity index (χ1n) is 8.67. The van der Waals surface area contributed by atoms with Crippen molar-refractivity contribution in [1.82, 2.24) is 10.2 Å². The number of piperidine rings is 1. The van der Waals surface area contributed by atoms with E-state index in [0.29, 0.717) is 25.3 Å². The van der Waals surface area contributed by atoms with Crippen LogP contribution in [0.2, 0.25) is 0 Å². The topological polar surface area (TPSA) is 83.0 Å². The highest BCUT2D eigenvalue weighted by Crippen LogP contribution is 2.19. The average Bonchev–Trinajstić information content (AvgIpc) is 3.00. The second kappa shape index (κ2) is 7.55. The predicted octanol–water partition coefficient (Wildman–Crippen LogP) is 2.48. The van der Waals surface area contributed by atoms with Crippen molar-refractivity contribution >= 4 is 23.5 Å². The van der Waals surface area contributed by atoms with Crippen LogP contribution in [0.15, 0.2) is 29.4 Å². The molecule has 7 nitrogen and oxygen atoms in total. The van der Waals surface area contributed by atoms with Gasteiger partial charge in [-0.05, 0) is 44.4 Å². The Labute approximate surface area is 147 Å². The molecule has 0 unspecified atom stereocenters. The Morgan fingerprint density at radius 2 is 2.16 bits per heavy atom. The molecule has 0 aliphatic carbocycles. The molecule has 0 bridgehead atoms.